The summed E-state index contributed by atoms with van der Waals surface area (Å²) in [7, 11) is 4.25. The molecule has 5 heteroatoms. The van der Waals surface area contributed by atoms with Crippen molar-refractivity contribution in [3.8, 4) is 0 Å². The number of halogens is 2. The van der Waals surface area contributed by atoms with Gasteiger partial charge in [-0.3, -0.25) is 0 Å². The normalized spacial score (nSPS) is 12.5. The summed E-state index contributed by atoms with van der Waals surface area (Å²) in [5.41, 5.74) is 12.4. The van der Waals surface area contributed by atoms with Crippen molar-refractivity contribution >= 4 is 30.4 Å². The second kappa shape index (κ2) is 13.9. The Balaban J connectivity index is -0.000000590. The summed E-state index contributed by atoms with van der Waals surface area (Å²) >= 11 is 0. The van der Waals surface area contributed by atoms with Crippen LogP contribution in [0.15, 0.2) is 42.0 Å². The van der Waals surface area contributed by atoms with Crippen LogP contribution >= 0.6 is 24.8 Å². The van der Waals surface area contributed by atoms with Crippen molar-refractivity contribution in [2.24, 2.45) is 0 Å². The second-order valence-electron chi connectivity index (χ2n) is 7.64. The van der Waals surface area contributed by atoms with E-state index in [0.717, 1.165) is 13.0 Å². The van der Waals surface area contributed by atoms with Crippen LogP contribution in [0.3, 0.4) is 0 Å². The molecule has 26 heavy (non-hydrogen) atoms. The molecule has 0 radical (unpaired) electrons. The standard InChI is InChI=1S/C17H22N.C4H10N.2ClH.Ti/c1-13(2)15-9-5-6-10-17(15)16-11-7-8-14(16)12-18(3)4;1-4(2,3)5;;;/h5-10H,11-12H2,1-4H3;5H,1-3H3;2*1H;/q2*-1;;;+2. The van der Waals surface area contributed by atoms with Crippen molar-refractivity contribution in [3.63, 3.8) is 0 Å². The van der Waals surface area contributed by atoms with Gasteiger partial charge in [0.25, 0.3) is 0 Å². The molecule has 0 atom stereocenters. The van der Waals surface area contributed by atoms with E-state index in [1.54, 1.807) is 0 Å². The van der Waals surface area contributed by atoms with Gasteiger partial charge in [-0.15, -0.1) is 48.0 Å². The van der Waals surface area contributed by atoms with Gasteiger partial charge in [0.15, 0.2) is 0 Å². The van der Waals surface area contributed by atoms with E-state index in [4.69, 9.17) is 5.73 Å². The quantitative estimate of drug-likeness (QED) is 0.388. The van der Waals surface area contributed by atoms with E-state index in [0.29, 0.717) is 0 Å². The van der Waals surface area contributed by atoms with Gasteiger partial charge in [0.1, 0.15) is 0 Å². The monoisotopic (exact) mass is 432 g/mol. The van der Waals surface area contributed by atoms with Crippen LogP contribution in [0.4, 0.5) is 0 Å². The van der Waals surface area contributed by atoms with Gasteiger partial charge in [0.05, 0.1) is 0 Å². The largest absolute Gasteiger partial charge is 2.00 e. The van der Waals surface area contributed by atoms with Gasteiger partial charge in [0, 0.05) is 6.54 Å². The number of nitrogens with zero attached hydrogens (tertiary/aromatic N) is 1. The minimum absolute atomic E-state index is 0. The topological polar surface area (TPSA) is 27.0 Å². The molecule has 0 aliphatic heterocycles. The Hall–Kier alpha value is -0.216. The van der Waals surface area contributed by atoms with Crippen molar-refractivity contribution in [3.05, 3.63) is 64.8 Å². The van der Waals surface area contributed by atoms with Crippen molar-refractivity contribution < 1.29 is 21.7 Å². The molecule has 0 spiro atoms. The molecule has 1 aliphatic carbocycles. The molecule has 0 fully saturated rings. The molecule has 0 amide bonds. The molecular formula is C21H34Cl2N2Ti. The first-order chi connectivity index (χ1) is 10.6. The Bertz CT molecular complexity index is 568. The zero-order valence-electron chi connectivity index (χ0n) is 17.1. The van der Waals surface area contributed by atoms with E-state index >= 15 is 0 Å². The smallest absolute Gasteiger partial charge is 0.673 e. The molecule has 1 aromatic rings. The minimum atomic E-state index is -0.250. The first-order valence-electron chi connectivity index (χ1n) is 8.28. The first kappa shape index (κ1) is 30.5. The number of nitrogens with one attached hydrogen (secondary N) is 1. The fraction of sp³-hybridized carbons (Fsp3) is 0.476. The summed E-state index contributed by atoms with van der Waals surface area (Å²) in [4.78, 5) is 2.23. The van der Waals surface area contributed by atoms with Gasteiger partial charge in [-0.2, -0.15) is 17.5 Å². The van der Waals surface area contributed by atoms with Crippen molar-refractivity contribution in [1.82, 2.24) is 4.90 Å². The molecule has 0 bridgehead atoms. The summed E-state index contributed by atoms with van der Waals surface area (Å²) in [6.45, 7) is 11.0. The molecule has 1 aromatic carbocycles. The number of hydrogen-bond donors (Lipinski definition) is 0. The fourth-order valence-electron chi connectivity index (χ4n) is 2.50. The predicted octanol–water partition coefficient (Wildman–Crippen LogP) is 6.60. The zero-order chi connectivity index (χ0) is 17.6. The van der Waals surface area contributed by atoms with Crippen LogP contribution in [0.25, 0.3) is 11.3 Å². The molecule has 146 valence electrons. The van der Waals surface area contributed by atoms with Gasteiger partial charge in [-0.05, 0) is 26.1 Å². The van der Waals surface area contributed by atoms with Crippen LogP contribution in [-0.2, 0) is 21.7 Å². The second-order valence-corrected chi connectivity index (χ2v) is 7.64. The van der Waals surface area contributed by atoms with Crippen molar-refractivity contribution in [2.75, 3.05) is 20.6 Å². The van der Waals surface area contributed by atoms with E-state index in [-0.39, 0.29) is 52.1 Å². The average molecular weight is 433 g/mol. The molecule has 0 saturated carbocycles. The summed E-state index contributed by atoms with van der Waals surface area (Å²) < 4.78 is 0. The van der Waals surface area contributed by atoms with Gasteiger partial charge in [-0.1, -0.05) is 58.4 Å². The molecule has 2 rings (SSSR count). The Morgan fingerprint density at radius 1 is 1.08 bits per heavy atom. The summed E-state index contributed by atoms with van der Waals surface area (Å²) in [5, 5.41) is 0. The maximum atomic E-state index is 6.94. The van der Waals surface area contributed by atoms with Gasteiger partial charge < -0.3 is 10.6 Å². The Labute approximate surface area is 188 Å². The maximum Gasteiger partial charge on any atom is 2.00 e. The molecule has 0 heterocycles. The van der Waals surface area contributed by atoms with E-state index in [1.807, 2.05) is 20.8 Å². The van der Waals surface area contributed by atoms with Gasteiger partial charge >= 0.3 is 21.7 Å². The molecular weight excluding hydrogens is 399 g/mol. The molecule has 2 nitrogen and oxygen atoms in total. The third-order valence-corrected chi connectivity index (χ3v) is 3.31. The van der Waals surface area contributed by atoms with Crippen molar-refractivity contribution in [1.29, 1.82) is 0 Å². The third-order valence-electron chi connectivity index (χ3n) is 3.31. The van der Waals surface area contributed by atoms with Crippen LogP contribution in [0, 0.1) is 5.92 Å². The Morgan fingerprint density at radius 3 is 2.04 bits per heavy atom. The molecule has 1 aliphatic rings. The van der Waals surface area contributed by atoms with Crippen LogP contribution in [0.5, 0.6) is 0 Å². The van der Waals surface area contributed by atoms with E-state index < -0.39 is 0 Å². The summed E-state index contributed by atoms with van der Waals surface area (Å²) in [6.07, 6.45) is 5.61. The van der Waals surface area contributed by atoms with E-state index in [9.17, 15) is 0 Å². The average Bonchev–Trinajstić information content (AvgIpc) is 2.83. The number of allylic oxidation sites excluding steroid dienone is 2. The van der Waals surface area contributed by atoms with Gasteiger partial charge in [0.2, 0.25) is 0 Å². The minimum Gasteiger partial charge on any atom is -0.673 e. The Kier molecular flexibility index (Phi) is 16.3. The fourth-order valence-corrected chi connectivity index (χ4v) is 2.50. The number of likely N-dealkylation sites (N-methyl/N-ethyl adjacent to an activating group) is 1. The first-order valence-corrected chi connectivity index (χ1v) is 8.28. The number of benzene rings is 1. The Morgan fingerprint density at radius 2 is 1.58 bits per heavy atom. The van der Waals surface area contributed by atoms with E-state index in [1.165, 1.54) is 28.2 Å². The van der Waals surface area contributed by atoms with Crippen LogP contribution in [0.2, 0.25) is 0 Å². The molecule has 0 unspecified atom stereocenters. The van der Waals surface area contributed by atoms with Crippen LogP contribution < -0.4 is 0 Å². The van der Waals surface area contributed by atoms with Crippen molar-refractivity contribution in [2.45, 2.75) is 46.6 Å². The molecule has 0 aromatic heterocycles. The summed E-state index contributed by atoms with van der Waals surface area (Å²) in [6, 6.07) is 8.74. The van der Waals surface area contributed by atoms with Gasteiger partial charge in [-0.25, -0.2) is 0 Å². The SMILES string of the molecule is CC(C)(C)[NH-].C[C-](C)c1ccccc1C1=C(CN(C)C)C=CC1.Cl.Cl.[Ti+2]. The van der Waals surface area contributed by atoms with E-state index in [2.05, 4.69) is 69.3 Å². The maximum absolute atomic E-state index is 6.94. The molecule has 1 N–H and O–H groups in total. The number of rotatable bonds is 4. The molecule has 0 saturated heterocycles. The number of hydrogen-bond acceptors (Lipinski definition) is 1. The predicted molar refractivity (Wildman–Crippen MR) is 118 cm³/mol. The van der Waals surface area contributed by atoms with Crippen LogP contribution in [-0.4, -0.2) is 31.1 Å². The summed E-state index contributed by atoms with van der Waals surface area (Å²) in [5.74, 6) is 1.38. The third kappa shape index (κ3) is 11.5. The zero-order valence-corrected chi connectivity index (χ0v) is 20.3. The van der Waals surface area contributed by atoms with Crippen LogP contribution in [0.1, 0.15) is 52.2 Å².